The van der Waals surface area contributed by atoms with Crippen LogP contribution >= 0.6 is 0 Å². The Hall–Kier alpha value is -2.38. The number of nitrogens with zero attached hydrogens (tertiary/aromatic N) is 3. The molecule has 4 rings (SSSR count). The molecule has 29 heavy (non-hydrogen) atoms. The van der Waals surface area contributed by atoms with Gasteiger partial charge >= 0.3 is 6.01 Å². The van der Waals surface area contributed by atoms with E-state index in [1.54, 1.807) is 20.4 Å². The first kappa shape index (κ1) is 19.9. The highest BCUT2D eigenvalue weighted by molar-refractivity contribution is 5.37. The molecule has 1 aromatic heterocycles. The van der Waals surface area contributed by atoms with Crippen molar-refractivity contribution in [2.75, 3.05) is 34.4 Å². The first-order valence-electron chi connectivity index (χ1n) is 10.0. The summed E-state index contributed by atoms with van der Waals surface area (Å²) in [5.74, 6) is 1.85. The minimum Gasteiger partial charge on any atom is -0.496 e. The number of methoxy groups -OCH3 is 3. The van der Waals surface area contributed by atoms with Crippen LogP contribution in [0, 0.1) is 18.8 Å². The van der Waals surface area contributed by atoms with E-state index in [-0.39, 0.29) is 11.9 Å². The number of benzene rings is 1. The van der Waals surface area contributed by atoms with E-state index in [9.17, 15) is 5.11 Å². The van der Waals surface area contributed by atoms with Gasteiger partial charge in [0.15, 0.2) is 0 Å². The fraction of sp³-hybridized carbons (Fsp3) is 0.545. The summed E-state index contributed by atoms with van der Waals surface area (Å²) in [6, 6.07) is 6.51. The molecule has 2 aliphatic rings. The normalized spacial score (nSPS) is 26.4. The number of rotatable bonds is 6. The van der Waals surface area contributed by atoms with Crippen LogP contribution in [0.3, 0.4) is 0 Å². The highest BCUT2D eigenvalue weighted by Gasteiger charge is 2.53. The van der Waals surface area contributed by atoms with Crippen molar-refractivity contribution in [1.29, 1.82) is 0 Å². The van der Waals surface area contributed by atoms with Crippen LogP contribution in [-0.2, 0) is 12.1 Å². The van der Waals surface area contributed by atoms with Crippen molar-refractivity contribution in [3.8, 4) is 17.6 Å². The molecule has 1 aromatic carbocycles. The molecule has 0 radical (unpaired) electrons. The van der Waals surface area contributed by atoms with E-state index in [1.807, 2.05) is 6.07 Å². The molecule has 2 fully saturated rings. The van der Waals surface area contributed by atoms with E-state index in [0.717, 1.165) is 31.8 Å². The summed E-state index contributed by atoms with van der Waals surface area (Å²) >= 11 is 0. The van der Waals surface area contributed by atoms with Gasteiger partial charge in [0.1, 0.15) is 11.4 Å². The second-order valence-electron chi connectivity index (χ2n) is 8.12. The Bertz CT molecular complexity index is 890. The second kappa shape index (κ2) is 7.80. The molecule has 0 amide bonds. The molecule has 7 heteroatoms. The van der Waals surface area contributed by atoms with Gasteiger partial charge in [0.2, 0.25) is 5.88 Å². The van der Waals surface area contributed by atoms with Crippen LogP contribution in [0.2, 0.25) is 0 Å². The zero-order valence-electron chi connectivity index (χ0n) is 17.5. The number of hydrogen-bond acceptors (Lipinski definition) is 7. The van der Waals surface area contributed by atoms with Crippen molar-refractivity contribution < 1.29 is 19.3 Å². The van der Waals surface area contributed by atoms with Gasteiger partial charge < -0.3 is 19.3 Å². The average molecular weight is 399 g/mol. The first-order chi connectivity index (χ1) is 14.0. The standard InChI is InChI=1S/C22H29N3O4/c1-14-5-6-19(27-2)16(9-14)12-25-11-15-7-8-22(26,18(15)13-25)17-10-23-21(29-4)24-20(17)28-3/h5-6,9-10,15,18,26H,7-8,11-13H2,1-4H3/t15-,18-,22-/m1/s1. The van der Waals surface area contributed by atoms with Crippen LogP contribution in [0.25, 0.3) is 0 Å². The number of likely N-dealkylation sites (tertiary alicyclic amines) is 1. The smallest absolute Gasteiger partial charge is 0.319 e. The van der Waals surface area contributed by atoms with E-state index in [0.29, 0.717) is 23.8 Å². The number of aryl methyl sites for hydroxylation is 1. The fourth-order valence-electron chi connectivity index (χ4n) is 5.02. The maximum absolute atomic E-state index is 11.7. The predicted octanol–water partition coefficient (Wildman–Crippen LogP) is 2.54. The van der Waals surface area contributed by atoms with Crippen molar-refractivity contribution in [3.63, 3.8) is 0 Å². The van der Waals surface area contributed by atoms with Crippen LogP contribution in [0.1, 0.15) is 29.5 Å². The van der Waals surface area contributed by atoms with Crippen LogP contribution in [0.4, 0.5) is 0 Å². The Morgan fingerprint density at radius 2 is 2.00 bits per heavy atom. The second-order valence-corrected chi connectivity index (χ2v) is 8.12. The number of aromatic nitrogens is 2. The van der Waals surface area contributed by atoms with Crippen molar-refractivity contribution in [2.24, 2.45) is 11.8 Å². The molecule has 156 valence electrons. The van der Waals surface area contributed by atoms with E-state index in [4.69, 9.17) is 14.2 Å². The lowest BCUT2D eigenvalue weighted by Gasteiger charge is -2.31. The van der Waals surface area contributed by atoms with Gasteiger partial charge in [0, 0.05) is 37.3 Å². The third-order valence-electron chi connectivity index (χ3n) is 6.43. The van der Waals surface area contributed by atoms with Gasteiger partial charge in [0.05, 0.1) is 26.9 Å². The number of aliphatic hydroxyl groups is 1. The molecule has 0 spiro atoms. The van der Waals surface area contributed by atoms with Gasteiger partial charge in [-0.25, -0.2) is 4.98 Å². The molecule has 1 saturated heterocycles. The number of fused-ring (bicyclic) bond motifs is 1. The summed E-state index contributed by atoms with van der Waals surface area (Å²) in [5.41, 5.74) is 2.06. The van der Waals surface area contributed by atoms with Gasteiger partial charge in [-0.1, -0.05) is 17.7 Å². The minimum absolute atomic E-state index is 0.115. The van der Waals surface area contributed by atoms with Crippen molar-refractivity contribution in [3.05, 3.63) is 41.1 Å². The Morgan fingerprint density at radius 1 is 1.17 bits per heavy atom. The summed E-state index contributed by atoms with van der Waals surface area (Å²) < 4.78 is 16.1. The lowest BCUT2D eigenvalue weighted by Crippen LogP contribution is -2.35. The molecule has 2 aromatic rings. The van der Waals surface area contributed by atoms with E-state index >= 15 is 0 Å². The minimum atomic E-state index is -0.992. The zero-order chi connectivity index (χ0) is 20.6. The molecule has 1 N–H and O–H groups in total. The molecule has 1 saturated carbocycles. The van der Waals surface area contributed by atoms with Crippen molar-refractivity contribution >= 4 is 0 Å². The summed E-state index contributed by atoms with van der Waals surface area (Å²) in [6.07, 6.45) is 3.31. The Balaban J connectivity index is 1.57. The average Bonchev–Trinajstić information content (AvgIpc) is 3.27. The Kier molecular flexibility index (Phi) is 5.36. The summed E-state index contributed by atoms with van der Waals surface area (Å²) in [6.45, 7) is 4.68. The molecule has 3 atom stereocenters. The van der Waals surface area contributed by atoms with E-state index in [2.05, 4.69) is 33.9 Å². The maximum Gasteiger partial charge on any atom is 0.319 e. The highest BCUT2D eigenvalue weighted by Crippen LogP contribution is 2.52. The molecular weight excluding hydrogens is 370 g/mol. The Morgan fingerprint density at radius 3 is 2.72 bits per heavy atom. The molecule has 0 unspecified atom stereocenters. The van der Waals surface area contributed by atoms with Gasteiger partial charge in [0.25, 0.3) is 0 Å². The molecule has 1 aliphatic carbocycles. The Labute approximate surface area is 171 Å². The number of hydrogen-bond donors (Lipinski definition) is 1. The summed E-state index contributed by atoms with van der Waals surface area (Å²) in [7, 11) is 4.79. The largest absolute Gasteiger partial charge is 0.496 e. The lowest BCUT2D eigenvalue weighted by atomic mass is 9.83. The third-order valence-corrected chi connectivity index (χ3v) is 6.43. The molecular formula is C22H29N3O4. The van der Waals surface area contributed by atoms with Crippen LogP contribution in [-0.4, -0.2) is 54.4 Å². The lowest BCUT2D eigenvalue weighted by molar-refractivity contribution is -0.00973. The summed E-state index contributed by atoms with van der Waals surface area (Å²) in [5, 5.41) is 11.7. The predicted molar refractivity (Wildman–Crippen MR) is 108 cm³/mol. The van der Waals surface area contributed by atoms with Gasteiger partial charge in [-0.2, -0.15) is 4.98 Å². The third kappa shape index (κ3) is 3.53. The number of ether oxygens (including phenoxy) is 3. The van der Waals surface area contributed by atoms with Gasteiger partial charge in [-0.15, -0.1) is 0 Å². The van der Waals surface area contributed by atoms with Crippen molar-refractivity contribution in [1.82, 2.24) is 14.9 Å². The van der Waals surface area contributed by atoms with Crippen LogP contribution in [0.5, 0.6) is 17.6 Å². The van der Waals surface area contributed by atoms with Gasteiger partial charge in [-0.3, -0.25) is 4.90 Å². The monoisotopic (exact) mass is 399 g/mol. The SMILES string of the molecule is COc1ncc([C@]2(O)CC[C@@H]3CN(Cc4cc(C)ccc4OC)C[C@H]32)c(OC)n1. The van der Waals surface area contributed by atoms with Gasteiger partial charge in [-0.05, 0) is 31.7 Å². The highest BCUT2D eigenvalue weighted by atomic mass is 16.5. The van der Waals surface area contributed by atoms with Crippen LogP contribution < -0.4 is 14.2 Å². The van der Waals surface area contributed by atoms with E-state index < -0.39 is 5.60 Å². The van der Waals surface area contributed by atoms with Crippen molar-refractivity contribution in [2.45, 2.75) is 31.9 Å². The molecule has 2 heterocycles. The first-order valence-corrected chi connectivity index (χ1v) is 10.0. The quantitative estimate of drug-likeness (QED) is 0.800. The molecule has 0 bridgehead atoms. The molecule has 7 nitrogen and oxygen atoms in total. The topological polar surface area (TPSA) is 76.9 Å². The maximum atomic E-state index is 11.7. The fourth-order valence-corrected chi connectivity index (χ4v) is 5.02. The molecule has 1 aliphatic heterocycles. The zero-order valence-corrected chi connectivity index (χ0v) is 17.5. The summed E-state index contributed by atoms with van der Waals surface area (Å²) in [4.78, 5) is 10.9. The van der Waals surface area contributed by atoms with E-state index in [1.165, 1.54) is 18.2 Å². The van der Waals surface area contributed by atoms with Crippen LogP contribution in [0.15, 0.2) is 24.4 Å².